The zero-order valence-corrected chi connectivity index (χ0v) is 12.0. The maximum atomic E-state index is 9.09. The second-order valence-electron chi connectivity index (χ2n) is 5.42. The normalized spacial score (nSPS) is 12.7. The fourth-order valence-corrected chi connectivity index (χ4v) is 2.24. The van der Waals surface area contributed by atoms with Crippen LogP contribution in [0.25, 0.3) is 0 Å². The Balaban J connectivity index is 2.69. The van der Waals surface area contributed by atoms with Gasteiger partial charge in [-0.3, -0.25) is 0 Å². The minimum Gasteiger partial charge on any atom is -0.396 e. The summed E-state index contributed by atoms with van der Waals surface area (Å²) < 4.78 is 0. The first-order valence-electron chi connectivity index (χ1n) is 6.19. The lowest BCUT2D eigenvalue weighted by Crippen LogP contribution is -2.17. The van der Waals surface area contributed by atoms with Crippen LogP contribution in [0.15, 0.2) is 30.3 Å². The number of rotatable bonds is 4. The summed E-state index contributed by atoms with van der Waals surface area (Å²) in [7, 11) is -1.31. The summed E-state index contributed by atoms with van der Waals surface area (Å²) in [6, 6.07) is 10.4. The summed E-state index contributed by atoms with van der Waals surface area (Å²) in [5.74, 6) is 3.65. The Morgan fingerprint density at radius 3 is 2.35 bits per heavy atom. The molecule has 1 nitrogen and oxygen atoms in total. The number of hydrogen-bond donors (Lipinski definition) is 1. The minimum atomic E-state index is -1.31. The van der Waals surface area contributed by atoms with Crippen LogP contribution in [-0.4, -0.2) is 19.8 Å². The van der Waals surface area contributed by atoms with Crippen LogP contribution in [0, 0.1) is 17.4 Å². The van der Waals surface area contributed by atoms with E-state index >= 15 is 0 Å². The van der Waals surface area contributed by atoms with Gasteiger partial charge >= 0.3 is 0 Å². The van der Waals surface area contributed by atoms with Gasteiger partial charge in [-0.05, 0) is 18.4 Å². The standard InChI is InChI=1S/C15H22OSi/c1-17(2,3)12-10-15(9-11-16)13-14-7-5-4-6-8-14/h4-8,15-16H,9,11,13H2,1-3H3/t15-/m0/s1. The van der Waals surface area contributed by atoms with Crippen molar-refractivity contribution in [2.45, 2.75) is 32.5 Å². The molecule has 0 amide bonds. The lowest BCUT2D eigenvalue weighted by atomic mass is 9.97. The first-order valence-corrected chi connectivity index (χ1v) is 9.69. The van der Waals surface area contributed by atoms with Crippen LogP contribution < -0.4 is 0 Å². The predicted molar refractivity (Wildman–Crippen MR) is 76.5 cm³/mol. The molecule has 0 spiro atoms. The lowest BCUT2D eigenvalue weighted by molar-refractivity contribution is 0.271. The van der Waals surface area contributed by atoms with Gasteiger partial charge in [0.1, 0.15) is 8.07 Å². The second-order valence-corrected chi connectivity index (χ2v) is 10.2. The second kappa shape index (κ2) is 6.63. The van der Waals surface area contributed by atoms with E-state index in [-0.39, 0.29) is 12.5 Å². The van der Waals surface area contributed by atoms with Crippen molar-refractivity contribution < 1.29 is 5.11 Å². The fourth-order valence-electron chi connectivity index (χ4n) is 1.60. The van der Waals surface area contributed by atoms with Crippen molar-refractivity contribution in [1.82, 2.24) is 0 Å². The van der Waals surface area contributed by atoms with E-state index in [2.05, 4.69) is 55.4 Å². The molecule has 2 heteroatoms. The molecule has 0 radical (unpaired) electrons. The van der Waals surface area contributed by atoms with Gasteiger partial charge in [0.2, 0.25) is 0 Å². The van der Waals surface area contributed by atoms with E-state index in [1.54, 1.807) is 0 Å². The highest BCUT2D eigenvalue weighted by Gasteiger charge is 2.10. The van der Waals surface area contributed by atoms with E-state index < -0.39 is 8.07 Å². The Hall–Kier alpha value is -1.04. The van der Waals surface area contributed by atoms with E-state index in [0.29, 0.717) is 0 Å². The van der Waals surface area contributed by atoms with Crippen molar-refractivity contribution in [3.63, 3.8) is 0 Å². The molecular formula is C15H22OSi. The highest BCUT2D eigenvalue weighted by Crippen LogP contribution is 2.12. The van der Waals surface area contributed by atoms with E-state index in [1.165, 1.54) is 5.56 Å². The Bertz CT molecular complexity index is 381. The zero-order chi connectivity index (χ0) is 12.7. The first-order chi connectivity index (χ1) is 8.01. The van der Waals surface area contributed by atoms with Crippen LogP contribution in [0.5, 0.6) is 0 Å². The molecule has 0 heterocycles. The van der Waals surface area contributed by atoms with Gasteiger partial charge < -0.3 is 5.11 Å². The van der Waals surface area contributed by atoms with Crippen molar-refractivity contribution in [1.29, 1.82) is 0 Å². The molecular weight excluding hydrogens is 224 g/mol. The third kappa shape index (κ3) is 6.30. The van der Waals surface area contributed by atoms with Gasteiger partial charge in [0.05, 0.1) is 0 Å². The summed E-state index contributed by atoms with van der Waals surface area (Å²) >= 11 is 0. The third-order valence-corrected chi connectivity index (χ3v) is 3.35. The number of hydrogen-bond acceptors (Lipinski definition) is 1. The van der Waals surface area contributed by atoms with Gasteiger partial charge in [0.25, 0.3) is 0 Å². The van der Waals surface area contributed by atoms with E-state index in [9.17, 15) is 0 Å². The molecule has 0 aromatic heterocycles. The largest absolute Gasteiger partial charge is 0.396 e. The summed E-state index contributed by atoms with van der Waals surface area (Å²) in [5.41, 5.74) is 4.71. The van der Waals surface area contributed by atoms with Gasteiger partial charge in [-0.1, -0.05) is 50.0 Å². The van der Waals surface area contributed by atoms with Crippen molar-refractivity contribution in [3.05, 3.63) is 35.9 Å². The van der Waals surface area contributed by atoms with E-state index in [0.717, 1.165) is 12.8 Å². The Morgan fingerprint density at radius 2 is 1.82 bits per heavy atom. The molecule has 0 saturated carbocycles. The summed E-state index contributed by atoms with van der Waals surface area (Å²) in [4.78, 5) is 0. The molecule has 1 aromatic carbocycles. The topological polar surface area (TPSA) is 20.2 Å². The van der Waals surface area contributed by atoms with Crippen molar-refractivity contribution in [2.75, 3.05) is 6.61 Å². The minimum absolute atomic E-state index is 0.220. The Labute approximate surface area is 106 Å². The van der Waals surface area contributed by atoms with Crippen LogP contribution in [0.2, 0.25) is 19.6 Å². The van der Waals surface area contributed by atoms with Crippen LogP contribution in [0.1, 0.15) is 12.0 Å². The highest BCUT2D eigenvalue weighted by atomic mass is 28.3. The molecule has 0 saturated heterocycles. The molecule has 1 rings (SSSR count). The SMILES string of the molecule is C[Si](C)(C)C#C[C@H](CCO)Cc1ccccc1. The average Bonchev–Trinajstić information content (AvgIpc) is 2.27. The van der Waals surface area contributed by atoms with Crippen molar-refractivity contribution in [2.24, 2.45) is 5.92 Å². The van der Waals surface area contributed by atoms with Crippen LogP contribution in [0.4, 0.5) is 0 Å². The average molecular weight is 246 g/mol. The van der Waals surface area contributed by atoms with Crippen molar-refractivity contribution in [3.8, 4) is 11.5 Å². The monoisotopic (exact) mass is 246 g/mol. The lowest BCUT2D eigenvalue weighted by Gasteiger charge is -2.11. The summed E-state index contributed by atoms with van der Waals surface area (Å²) in [6.07, 6.45) is 1.71. The first kappa shape index (κ1) is 14.0. The Kier molecular flexibility index (Phi) is 5.47. The van der Waals surface area contributed by atoms with Gasteiger partial charge in [0.15, 0.2) is 0 Å². The number of aliphatic hydroxyl groups is 1. The molecule has 0 aliphatic rings. The summed E-state index contributed by atoms with van der Waals surface area (Å²) in [6.45, 7) is 6.97. The molecule has 0 fully saturated rings. The van der Waals surface area contributed by atoms with Crippen LogP contribution in [0.3, 0.4) is 0 Å². The van der Waals surface area contributed by atoms with E-state index in [1.807, 2.05) is 6.07 Å². The quantitative estimate of drug-likeness (QED) is 0.639. The molecule has 1 aromatic rings. The summed E-state index contributed by atoms with van der Waals surface area (Å²) in [5, 5.41) is 9.09. The molecule has 92 valence electrons. The molecule has 0 aliphatic heterocycles. The van der Waals surface area contributed by atoms with E-state index in [4.69, 9.17) is 5.11 Å². The molecule has 17 heavy (non-hydrogen) atoms. The number of aliphatic hydroxyl groups excluding tert-OH is 1. The molecule has 1 N–H and O–H groups in total. The molecule has 0 unspecified atom stereocenters. The molecule has 0 bridgehead atoms. The molecule has 1 atom stereocenters. The van der Waals surface area contributed by atoms with Gasteiger partial charge in [-0.15, -0.1) is 11.5 Å². The molecule has 0 aliphatic carbocycles. The predicted octanol–water partition coefficient (Wildman–Crippen LogP) is 3.11. The smallest absolute Gasteiger partial charge is 0.129 e. The highest BCUT2D eigenvalue weighted by molar-refractivity contribution is 6.83. The maximum Gasteiger partial charge on any atom is 0.129 e. The number of benzene rings is 1. The van der Waals surface area contributed by atoms with Gasteiger partial charge in [-0.25, -0.2) is 0 Å². The van der Waals surface area contributed by atoms with Crippen molar-refractivity contribution >= 4 is 8.07 Å². The zero-order valence-electron chi connectivity index (χ0n) is 11.0. The maximum absolute atomic E-state index is 9.09. The van der Waals surface area contributed by atoms with Crippen LogP contribution in [-0.2, 0) is 6.42 Å². The fraction of sp³-hybridized carbons (Fsp3) is 0.467. The van der Waals surface area contributed by atoms with Gasteiger partial charge in [0, 0.05) is 12.5 Å². The Morgan fingerprint density at radius 1 is 1.18 bits per heavy atom. The van der Waals surface area contributed by atoms with Gasteiger partial charge in [-0.2, -0.15) is 0 Å². The third-order valence-electron chi connectivity index (χ3n) is 2.45. The van der Waals surface area contributed by atoms with Crippen LogP contribution >= 0.6 is 0 Å².